The van der Waals surface area contributed by atoms with Gasteiger partial charge in [0.1, 0.15) is 11.6 Å². The summed E-state index contributed by atoms with van der Waals surface area (Å²) in [5, 5.41) is 9.96. The third-order valence-electron chi connectivity index (χ3n) is 6.60. The number of carboxylic acid groups (broad SMARTS) is 1. The molecule has 0 spiro atoms. The standard InChI is InChI=1S/C22H25N3O6/c1-22(21(30)31,23-11-5-2-6-12-23)13-24-17(26)10-9-16(20(24)29)25-18(27)14-7-3-4-8-15(14)19(25)28/h3-4,7-8,16H,2,5-6,9-13H2,1H3,(H,30,31)/t16?,22-/m0/s1. The summed E-state index contributed by atoms with van der Waals surface area (Å²) in [6.07, 6.45) is 2.70. The zero-order valence-corrected chi connectivity index (χ0v) is 17.4. The summed E-state index contributed by atoms with van der Waals surface area (Å²) in [7, 11) is 0. The number of carboxylic acids is 1. The number of amides is 4. The maximum Gasteiger partial charge on any atom is 0.325 e. The summed E-state index contributed by atoms with van der Waals surface area (Å²) in [6.45, 7) is 2.34. The van der Waals surface area contributed by atoms with Crippen LogP contribution in [0.2, 0.25) is 0 Å². The molecule has 2 atom stereocenters. The van der Waals surface area contributed by atoms with Crippen LogP contribution in [0.15, 0.2) is 24.3 Å². The molecule has 31 heavy (non-hydrogen) atoms. The molecule has 0 saturated carbocycles. The Kier molecular flexibility index (Phi) is 5.38. The van der Waals surface area contributed by atoms with Crippen LogP contribution in [0.4, 0.5) is 0 Å². The van der Waals surface area contributed by atoms with Gasteiger partial charge >= 0.3 is 5.97 Å². The summed E-state index contributed by atoms with van der Waals surface area (Å²) in [4.78, 5) is 67.4. The highest BCUT2D eigenvalue weighted by Crippen LogP contribution is 2.31. The van der Waals surface area contributed by atoms with Crippen LogP contribution in [-0.4, -0.2) is 80.6 Å². The van der Waals surface area contributed by atoms with Crippen molar-refractivity contribution >= 4 is 29.6 Å². The molecule has 0 aromatic heterocycles. The van der Waals surface area contributed by atoms with Gasteiger partial charge < -0.3 is 5.11 Å². The van der Waals surface area contributed by atoms with E-state index < -0.39 is 41.2 Å². The van der Waals surface area contributed by atoms with Crippen LogP contribution in [0.3, 0.4) is 0 Å². The Bertz CT molecular complexity index is 935. The molecule has 0 bridgehead atoms. The molecule has 4 rings (SSSR count). The van der Waals surface area contributed by atoms with Gasteiger partial charge in [-0.25, -0.2) is 0 Å². The first kappa shape index (κ1) is 21.2. The molecule has 1 N–H and O–H groups in total. The number of imide groups is 2. The first-order valence-electron chi connectivity index (χ1n) is 10.6. The molecular formula is C22H25N3O6. The first-order chi connectivity index (χ1) is 14.8. The summed E-state index contributed by atoms with van der Waals surface area (Å²) >= 11 is 0. The van der Waals surface area contributed by atoms with Crippen molar-refractivity contribution in [3.8, 4) is 0 Å². The minimum atomic E-state index is -1.43. The van der Waals surface area contributed by atoms with E-state index in [-0.39, 0.29) is 30.5 Å². The highest BCUT2D eigenvalue weighted by molar-refractivity contribution is 6.23. The number of hydrogen-bond acceptors (Lipinski definition) is 6. The van der Waals surface area contributed by atoms with Gasteiger partial charge in [-0.3, -0.25) is 38.7 Å². The Morgan fingerprint density at radius 1 is 1.03 bits per heavy atom. The molecule has 4 amide bonds. The number of fused-ring (bicyclic) bond motifs is 1. The van der Waals surface area contributed by atoms with Gasteiger partial charge in [-0.2, -0.15) is 0 Å². The van der Waals surface area contributed by atoms with E-state index in [0.717, 1.165) is 29.1 Å². The largest absolute Gasteiger partial charge is 0.480 e. The Morgan fingerprint density at radius 2 is 1.61 bits per heavy atom. The molecule has 9 nitrogen and oxygen atoms in total. The molecule has 1 aromatic rings. The van der Waals surface area contributed by atoms with Gasteiger partial charge in [0.15, 0.2) is 0 Å². The summed E-state index contributed by atoms with van der Waals surface area (Å²) in [6, 6.07) is 5.23. The molecule has 1 unspecified atom stereocenters. The van der Waals surface area contributed by atoms with Crippen LogP contribution in [-0.2, 0) is 14.4 Å². The van der Waals surface area contributed by atoms with E-state index in [2.05, 4.69) is 0 Å². The highest BCUT2D eigenvalue weighted by Gasteiger charge is 2.50. The number of likely N-dealkylation sites (tertiary alicyclic amines) is 2. The predicted molar refractivity (Wildman–Crippen MR) is 108 cm³/mol. The molecule has 2 saturated heterocycles. The van der Waals surface area contributed by atoms with Crippen molar-refractivity contribution in [1.29, 1.82) is 0 Å². The minimum absolute atomic E-state index is 0.0349. The summed E-state index contributed by atoms with van der Waals surface area (Å²) in [5.74, 6) is -3.43. The molecule has 9 heteroatoms. The molecular weight excluding hydrogens is 402 g/mol. The van der Waals surface area contributed by atoms with Gasteiger partial charge in [-0.1, -0.05) is 18.6 Å². The molecule has 1 aromatic carbocycles. The monoisotopic (exact) mass is 427 g/mol. The average molecular weight is 427 g/mol. The maximum absolute atomic E-state index is 13.3. The van der Waals surface area contributed by atoms with Gasteiger partial charge in [0, 0.05) is 6.42 Å². The fourth-order valence-corrected chi connectivity index (χ4v) is 4.72. The molecule has 3 heterocycles. The fourth-order valence-electron chi connectivity index (χ4n) is 4.72. The smallest absolute Gasteiger partial charge is 0.325 e. The molecule has 2 fully saturated rings. The second-order valence-corrected chi connectivity index (χ2v) is 8.53. The predicted octanol–water partition coefficient (Wildman–Crippen LogP) is 1.13. The Morgan fingerprint density at radius 3 is 2.16 bits per heavy atom. The van der Waals surface area contributed by atoms with Crippen LogP contribution in [0, 0.1) is 0 Å². The van der Waals surface area contributed by atoms with Crippen molar-refractivity contribution in [2.45, 2.75) is 50.6 Å². The van der Waals surface area contributed by atoms with E-state index in [1.165, 1.54) is 19.1 Å². The van der Waals surface area contributed by atoms with Crippen LogP contribution in [0.1, 0.15) is 59.7 Å². The van der Waals surface area contributed by atoms with Gasteiger partial charge in [0.2, 0.25) is 5.91 Å². The lowest BCUT2D eigenvalue weighted by molar-refractivity contribution is -0.160. The van der Waals surface area contributed by atoms with E-state index in [9.17, 15) is 29.1 Å². The first-order valence-corrected chi connectivity index (χ1v) is 10.6. The van der Waals surface area contributed by atoms with Crippen molar-refractivity contribution in [1.82, 2.24) is 14.7 Å². The topological polar surface area (TPSA) is 115 Å². The Balaban J connectivity index is 1.60. The third-order valence-corrected chi connectivity index (χ3v) is 6.60. The lowest BCUT2D eigenvalue weighted by Crippen LogP contribution is -2.64. The number of carbonyl (C=O) groups is 5. The number of nitrogens with zero attached hydrogens (tertiary/aromatic N) is 3. The number of piperidine rings is 2. The zero-order chi connectivity index (χ0) is 22.3. The molecule has 0 radical (unpaired) electrons. The lowest BCUT2D eigenvalue weighted by atomic mass is 9.93. The van der Waals surface area contributed by atoms with E-state index >= 15 is 0 Å². The van der Waals surface area contributed by atoms with E-state index in [1.54, 1.807) is 17.0 Å². The number of carbonyl (C=O) groups excluding carboxylic acids is 4. The molecule has 164 valence electrons. The van der Waals surface area contributed by atoms with Crippen LogP contribution in [0.5, 0.6) is 0 Å². The van der Waals surface area contributed by atoms with Crippen molar-refractivity contribution < 1.29 is 29.1 Å². The van der Waals surface area contributed by atoms with Crippen molar-refractivity contribution in [3.63, 3.8) is 0 Å². The number of hydrogen-bond donors (Lipinski definition) is 1. The Labute approximate surface area is 179 Å². The summed E-state index contributed by atoms with van der Waals surface area (Å²) < 4.78 is 0. The minimum Gasteiger partial charge on any atom is -0.480 e. The Hall–Kier alpha value is -3.07. The van der Waals surface area contributed by atoms with Gasteiger partial charge in [0.25, 0.3) is 17.7 Å². The normalized spacial score (nSPS) is 24.4. The van der Waals surface area contributed by atoms with Crippen molar-refractivity contribution in [2.24, 2.45) is 0 Å². The highest BCUT2D eigenvalue weighted by atomic mass is 16.4. The van der Waals surface area contributed by atoms with Gasteiger partial charge in [-0.05, 0) is 51.4 Å². The van der Waals surface area contributed by atoms with Crippen LogP contribution >= 0.6 is 0 Å². The number of aliphatic carboxylic acids is 1. The zero-order valence-electron chi connectivity index (χ0n) is 17.4. The van der Waals surface area contributed by atoms with Crippen LogP contribution in [0.25, 0.3) is 0 Å². The van der Waals surface area contributed by atoms with Crippen molar-refractivity contribution in [2.75, 3.05) is 19.6 Å². The van der Waals surface area contributed by atoms with E-state index in [4.69, 9.17) is 0 Å². The van der Waals surface area contributed by atoms with E-state index in [0.29, 0.717) is 13.1 Å². The second-order valence-electron chi connectivity index (χ2n) is 8.53. The van der Waals surface area contributed by atoms with Crippen LogP contribution < -0.4 is 0 Å². The lowest BCUT2D eigenvalue weighted by Gasteiger charge is -2.44. The van der Waals surface area contributed by atoms with Gasteiger partial charge in [-0.15, -0.1) is 0 Å². The average Bonchev–Trinajstić information content (AvgIpc) is 3.02. The number of rotatable bonds is 5. The number of benzene rings is 1. The SMILES string of the molecule is C[C@](CN1C(=O)CCC(N2C(=O)c3ccccc3C2=O)C1=O)(C(=O)O)N1CCCCC1. The van der Waals surface area contributed by atoms with E-state index in [1.807, 2.05) is 0 Å². The third kappa shape index (κ3) is 3.42. The summed E-state index contributed by atoms with van der Waals surface area (Å²) in [5.41, 5.74) is -0.977. The molecule has 3 aliphatic rings. The maximum atomic E-state index is 13.3. The quantitative estimate of drug-likeness (QED) is 0.701. The molecule has 0 aliphatic carbocycles. The fraction of sp³-hybridized carbons (Fsp3) is 0.500. The van der Waals surface area contributed by atoms with Crippen molar-refractivity contribution in [3.05, 3.63) is 35.4 Å². The molecule has 3 aliphatic heterocycles. The second kappa shape index (κ2) is 7.88. The van der Waals surface area contributed by atoms with Gasteiger partial charge in [0.05, 0.1) is 17.7 Å².